The molecule has 1 aromatic rings. The summed E-state index contributed by atoms with van der Waals surface area (Å²) in [4.78, 5) is 29.8. The predicted molar refractivity (Wildman–Crippen MR) is 130 cm³/mol. The van der Waals surface area contributed by atoms with E-state index in [1.165, 1.54) is 24.6 Å². The number of amides is 1. The number of piperidine rings is 1. The van der Waals surface area contributed by atoms with Crippen LogP contribution in [-0.4, -0.2) is 22.0 Å². The largest absolute Gasteiger partial charge is 0.353 e. The minimum atomic E-state index is 0.107. The third kappa shape index (κ3) is 3.82. The molecule has 1 aliphatic heterocycles. The van der Waals surface area contributed by atoms with Crippen LogP contribution >= 0.6 is 11.8 Å². The van der Waals surface area contributed by atoms with Crippen LogP contribution in [0.4, 0.5) is 0 Å². The monoisotopic (exact) mass is 456 g/mol. The lowest BCUT2D eigenvalue weighted by Crippen LogP contribution is -2.63. The maximum absolute atomic E-state index is 13.3. The van der Waals surface area contributed by atoms with Crippen molar-refractivity contribution in [3.63, 3.8) is 0 Å². The van der Waals surface area contributed by atoms with E-state index in [0.29, 0.717) is 41.2 Å². The second kappa shape index (κ2) is 9.12. The van der Waals surface area contributed by atoms with Crippen LogP contribution in [0.3, 0.4) is 0 Å². The van der Waals surface area contributed by atoms with Crippen molar-refractivity contribution in [1.29, 1.82) is 0 Å². The number of rotatable bonds is 2. The van der Waals surface area contributed by atoms with Gasteiger partial charge in [0.1, 0.15) is 5.03 Å². The van der Waals surface area contributed by atoms with E-state index in [9.17, 15) is 9.59 Å². The van der Waals surface area contributed by atoms with Gasteiger partial charge in [-0.15, -0.1) is 0 Å². The molecule has 0 aromatic carbocycles. The van der Waals surface area contributed by atoms with Gasteiger partial charge < -0.3 is 5.32 Å². The standard InChI is InChI=1S/C25H34N2O2S.C2H6/c1-15-14-19-25(3,12-10-20(28)27-19)17-9-11-24(2)16(22(15)17)7-8-18(24)23(29)30-21-6-4-5-13-26-21;1-2/h4-6,13,15-19,22H,7-12,14H2,1-3H3,(H,27,28);1-2H3/t15?,16?,17?,18-,19?,22?,24?,25?;/m1./s1. The minimum Gasteiger partial charge on any atom is -0.353 e. The summed E-state index contributed by atoms with van der Waals surface area (Å²) in [7, 11) is 0. The number of carbonyl (C=O) groups is 2. The van der Waals surface area contributed by atoms with Gasteiger partial charge in [0.15, 0.2) is 5.12 Å². The van der Waals surface area contributed by atoms with Gasteiger partial charge in [-0.2, -0.15) is 0 Å². The lowest BCUT2D eigenvalue weighted by Gasteiger charge is -2.62. The second-order valence-electron chi connectivity index (χ2n) is 10.9. The molecule has 1 aromatic heterocycles. The van der Waals surface area contributed by atoms with Gasteiger partial charge in [-0.05, 0) is 96.9 Å². The molecule has 3 aliphatic carbocycles. The Hall–Kier alpha value is -1.36. The van der Waals surface area contributed by atoms with Gasteiger partial charge >= 0.3 is 0 Å². The molecule has 0 bridgehead atoms. The van der Waals surface area contributed by atoms with Gasteiger partial charge in [-0.25, -0.2) is 4.98 Å². The van der Waals surface area contributed by atoms with Gasteiger partial charge in [0.25, 0.3) is 0 Å². The van der Waals surface area contributed by atoms with Crippen LogP contribution in [0, 0.1) is 40.4 Å². The summed E-state index contributed by atoms with van der Waals surface area (Å²) in [5.41, 5.74) is 0.326. The van der Waals surface area contributed by atoms with E-state index in [4.69, 9.17) is 0 Å². The van der Waals surface area contributed by atoms with E-state index in [2.05, 4.69) is 31.1 Å². The molecule has 176 valence electrons. The Labute approximate surface area is 198 Å². The van der Waals surface area contributed by atoms with Crippen LogP contribution in [-0.2, 0) is 9.59 Å². The van der Waals surface area contributed by atoms with Crippen LogP contribution in [0.1, 0.15) is 79.6 Å². The third-order valence-electron chi connectivity index (χ3n) is 9.59. The van der Waals surface area contributed by atoms with Crippen LogP contribution in [0.25, 0.3) is 0 Å². The second-order valence-corrected chi connectivity index (χ2v) is 11.9. The van der Waals surface area contributed by atoms with E-state index >= 15 is 0 Å². The van der Waals surface area contributed by atoms with Crippen molar-refractivity contribution in [2.75, 3.05) is 0 Å². The fourth-order valence-corrected chi connectivity index (χ4v) is 9.01. The highest BCUT2D eigenvalue weighted by atomic mass is 32.2. The quantitative estimate of drug-likeness (QED) is 0.546. The van der Waals surface area contributed by atoms with Crippen molar-refractivity contribution < 1.29 is 9.59 Å². The van der Waals surface area contributed by atoms with Crippen LogP contribution in [0.5, 0.6) is 0 Å². The molecule has 1 saturated heterocycles. The smallest absolute Gasteiger partial charge is 0.220 e. The number of hydrogen-bond donors (Lipinski definition) is 1. The molecule has 32 heavy (non-hydrogen) atoms. The number of thioether (sulfide) groups is 1. The first kappa shape index (κ1) is 23.8. The molecule has 4 fully saturated rings. The maximum atomic E-state index is 13.3. The first-order chi connectivity index (χ1) is 15.3. The molecule has 2 heterocycles. The highest BCUT2D eigenvalue weighted by Gasteiger charge is 2.62. The molecule has 1 N–H and O–H groups in total. The van der Waals surface area contributed by atoms with Crippen LogP contribution < -0.4 is 5.32 Å². The van der Waals surface area contributed by atoms with Crippen molar-refractivity contribution in [3.8, 4) is 0 Å². The summed E-state index contributed by atoms with van der Waals surface area (Å²) >= 11 is 1.35. The summed E-state index contributed by atoms with van der Waals surface area (Å²) in [5, 5.41) is 4.48. The Bertz CT molecular complexity index is 845. The molecule has 7 unspecified atom stereocenters. The Morgan fingerprint density at radius 1 is 1.09 bits per heavy atom. The van der Waals surface area contributed by atoms with E-state index in [1.807, 2.05) is 32.0 Å². The van der Waals surface area contributed by atoms with Crippen molar-refractivity contribution in [3.05, 3.63) is 24.4 Å². The lowest BCUT2D eigenvalue weighted by atomic mass is 9.45. The van der Waals surface area contributed by atoms with E-state index in [1.54, 1.807) is 6.20 Å². The molecule has 4 aliphatic rings. The fraction of sp³-hybridized carbons (Fsp3) is 0.741. The molecule has 0 radical (unpaired) electrons. The molecule has 3 saturated carbocycles. The Balaban J connectivity index is 0.00000119. The van der Waals surface area contributed by atoms with E-state index < -0.39 is 0 Å². The lowest BCUT2D eigenvalue weighted by molar-refractivity contribution is -0.145. The zero-order valence-corrected chi connectivity index (χ0v) is 21.2. The summed E-state index contributed by atoms with van der Waals surface area (Å²) < 4.78 is 0. The summed E-state index contributed by atoms with van der Waals surface area (Å²) in [6.45, 7) is 11.3. The van der Waals surface area contributed by atoms with Gasteiger partial charge in [0, 0.05) is 24.6 Å². The highest BCUT2D eigenvalue weighted by molar-refractivity contribution is 8.13. The minimum absolute atomic E-state index is 0.107. The summed E-state index contributed by atoms with van der Waals surface area (Å²) in [5.74, 6) is 2.95. The first-order valence-corrected chi connectivity index (χ1v) is 13.6. The molecular formula is C27H40N2O2S. The Morgan fingerprint density at radius 2 is 1.84 bits per heavy atom. The molecule has 5 rings (SSSR count). The van der Waals surface area contributed by atoms with Gasteiger partial charge in [0.2, 0.25) is 5.91 Å². The number of nitrogens with zero attached hydrogens (tertiary/aromatic N) is 1. The van der Waals surface area contributed by atoms with Crippen molar-refractivity contribution >= 4 is 22.8 Å². The zero-order chi connectivity index (χ0) is 23.1. The number of fused-ring (bicyclic) bond motifs is 5. The molecular weight excluding hydrogens is 416 g/mol. The number of carbonyl (C=O) groups excluding carboxylic acids is 2. The number of pyridine rings is 1. The number of hydrogen-bond acceptors (Lipinski definition) is 4. The van der Waals surface area contributed by atoms with E-state index in [-0.39, 0.29) is 22.7 Å². The van der Waals surface area contributed by atoms with Crippen LogP contribution in [0.15, 0.2) is 29.4 Å². The predicted octanol–water partition coefficient (Wildman–Crippen LogP) is 6.11. The van der Waals surface area contributed by atoms with Gasteiger partial charge in [0.05, 0.1) is 0 Å². The van der Waals surface area contributed by atoms with Crippen LogP contribution in [0.2, 0.25) is 0 Å². The molecule has 8 atom stereocenters. The summed E-state index contributed by atoms with van der Waals surface area (Å²) in [6, 6.07) is 6.12. The van der Waals surface area contributed by atoms with Crippen molar-refractivity contribution in [2.24, 2.45) is 40.4 Å². The van der Waals surface area contributed by atoms with Crippen molar-refractivity contribution in [2.45, 2.75) is 90.6 Å². The molecule has 1 amide bonds. The van der Waals surface area contributed by atoms with Gasteiger partial charge in [-0.3, -0.25) is 9.59 Å². The topological polar surface area (TPSA) is 59.1 Å². The highest BCUT2D eigenvalue weighted by Crippen LogP contribution is 2.67. The average molecular weight is 457 g/mol. The Kier molecular flexibility index (Phi) is 6.78. The third-order valence-corrected chi connectivity index (χ3v) is 10.5. The fourth-order valence-electron chi connectivity index (χ4n) is 8.02. The Morgan fingerprint density at radius 3 is 2.56 bits per heavy atom. The average Bonchev–Trinajstić information content (AvgIpc) is 3.14. The SMILES string of the molecule is CC.CC1CC2NC(=O)CCC2(C)C2CCC3(C)C(CC[C@@H]3C(=O)Sc3ccccn3)C12. The normalized spacial score (nSPS) is 42.5. The molecule has 4 nitrogen and oxygen atoms in total. The number of nitrogens with one attached hydrogen (secondary N) is 1. The molecule has 0 spiro atoms. The number of aromatic nitrogens is 1. The zero-order valence-electron chi connectivity index (χ0n) is 20.4. The van der Waals surface area contributed by atoms with Crippen molar-refractivity contribution in [1.82, 2.24) is 10.3 Å². The first-order valence-electron chi connectivity index (χ1n) is 12.7. The summed E-state index contributed by atoms with van der Waals surface area (Å²) in [6.07, 6.45) is 9.10. The maximum Gasteiger partial charge on any atom is 0.220 e. The van der Waals surface area contributed by atoms with E-state index in [0.717, 1.165) is 30.7 Å². The van der Waals surface area contributed by atoms with Gasteiger partial charge in [-0.1, -0.05) is 40.7 Å². The molecule has 5 heteroatoms.